The van der Waals surface area contributed by atoms with Crippen molar-refractivity contribution in [2.24, 2.45) is 0 Å². The molecule has 110 valence electrons. The number of benzene rings is 1. The van der Waals surface area contributed by atoms with Crippen molar-refractivity contribution in [2.75, 3.05) is 26.0 Å². The van der Waals surface area contributed by atoms with E-state index in [1.807, 2.05) is 24.3 Å². The van der Waals surface area contributed by atoms with Gasteiger partial charge in [-0.25, -0.2) is 4.98 Å². The molecule has 5 heteroatoms. The first kappa shape index (κ1) is 14.8. The summed E-state index contributed by atoms with van der Waals surface area (Å²) in [6.07, 6.45) is 2.40. The van der Waals surface area contributed by atoms with E-state index in [1.54, 1.807) is 32.5 Å². The van der Waals surface area contributed by atoms with Gasteiger partial charge in [0.2, 0.25) is 0 Å². The molecule has 0 saturated carbocycles. The van der Waals surface area contributed by atoms with Crippen LogP contribution in [-0.2, 0) is 6.42 Å². The number of hydrogen-bond acceptors (Lipinski definition) is 4. The maximum atomic E-state index is 12.1. The molecule has 0 aliphatic heterocycles. The van der Waals surface area contributed by atoms with Gasteiger partial charge in [-0.2, -0.15) is 0 Å². The van der Waals surface area contributed by atoms with Crippen LogP contribution < -0.4 is 15.4 Å². The fourth-order valence-electron chi connectivity index (χ4n) is 2.03. The van der Waals surface area contributed by atoms with E-state index in [4.69, 9.17) is 4.74 Å². The molecule has 2 aromatic rings. The van der Waals surface area contributed by atoms with Crippen molar-refractivity contribution in [1.82, 2.24) is 10.3 Å². The molecule has 1 aromatic heterocycles. The molecule has 5 nitrogen and oxygen atoms in total. The van der Waals surface area contributed by atoms with Crippen LogP contribution in [0, 0.1) is 0 Å². The van der Waals surface area contributed by atoms with Gasteiger partial charge in [0.25, 0.3) is 5.91 Å². The van der Waals surface area contributed by atoms with E-state index in [0.717, 1.165) is 17.7 Å². The largest absolute Gasteiger partial charge is 0.497 e. The number of rotatable bonds is 6. The summed E-state index contributed by atoms with van der Waals surface area (Å²) in [5, 5.41) is 5.81. The molecule has 0 atom stereocenters. The van der Waals surface area contributed by atoms with Crippen LogP contribution >= 0.6 is 0 Å². The van der Waals surface area contributed by atoms with Crippen molar-refractivity contribution in [2.45, 2.75) is 6.42 Å². The average molecular weight is 285 g/mol. The van der Waals surface area contributed by atoms with Gasteiger partial charge in [0, 0.05) is 19.8 Å². The zero-order chi connectivity index (χ0) is 15.1. The molecule has 0 aliphatic carbocycles. The van der Waals surface area contributed by atoms with E-state index < -0.39 is 0 Å². The molecule has 1 aromatic carbocycles. The molecular formula is C16H19N3O2. The molecule has 0 aliphatic rings. The van der Waals surface area contributed by atoms with E-state index in [2.05, 4.69) is 15.6 Å². The molecule has 0 bridgehead atoms. The van der Waals surface area contributed by atoms with Gasteiger partial charge in [0.05, 0.1) is 12.7 Å². The number of nitrogens with zero attached hydrogens (tertiary/aromatic N) is 1. The van der Waals surface area contributed by atoms with Crippen LogP contribution in [0.15, 0.2) is 42.6 Å². The molecule has 1 amide bonds. The van der Waals surface area contributed by atoms with Crippen molar-refractivity contribution < 1.29 is 9.53 Å². The van der Waals surface area contributed by atoms with Gasteiger partial charge in [-0.3, -0.25) is 4.79 Å². The van der Waals surface area contributed by atoms with E-state index in [1.165, 1.54) is 0 Å². The third kappa shape index (κ3) is 3.95. The number of nitrogens with one attached hydrogen (secondary N) is 2. The first-order valence-electron chi connectivity index (χ1n) is 6.78. The van der Waals surface area contributed by atoms with E-state index >= 15 is 0 Å². The number of methoxy groups -OCH3 is 1. The minimum atomic E-state index is -0.129. The second-order valence-electron chi connectivity index (χ2n) is 4.51. The zero-order valence-electron chi connectivity index (χ0n) is 12.2. The number of pyridine rings is 1. The summed E-state index contributed by atoms with van der Waals surface area (Å²) in [6.45, 7) is 0.560. The number of ether oxygens (including phenoxy) is 1. The lowest BCUT2D eigenvalue weighted by molar-refractivity contribution is 0.0954. The second kappa shape index (κ2) is 7.28. The number of carbonyl (C=O) groups excluding carboxylic acids is 1. The molecule has 0 radical (unpaired) electrons. The molecule has 0 fully saturated rings. The summed E-state index contributed by atoms with van der Waals surface area (Å²) in [5.74, 6) is 1.27. The fourth-order valence-corrected chi connectivity index (χ4v) is 2.03. The molecule has 0 saturated heterocycles. The minimum absolute atomic E-state index is 0.129. The van der Waals surface area contributed by atoms with Crippen molar-refractivity contribution in [3.05, 3.63) is 53.7 Å². The Hall–Kier alpha value is -2.56. The van der Waals surface area contributed by atoms with Crippen molar-refractivity contribution in [1.29, 1.82) is 0 Å². The molecule has 2 rings (SSSR count). The van der Waals surface area contributed by atoms with Gasteiger partial charge < -0.3 is 15.4 Å². The predicted octanol–water partition coefficient (Wildman–Crippen LogP) is 2.10. The van der Waals surface area contributed by atoms with Crippen LogP contribution in [-0.4, -0.2) is 31.6 Å². The molecular weight excluding hydrogens is 266 g/mol. The topological polar surface area (TPSA) is 63.2 Å². The van der Waals surface area contributed by atoms with Crippen LogP contribution in [0.5, 0.6) is 5.75 Å². The van der Waals surface area contributed by atoms with Crippen LogP contribution in [0.3, 0.4) is 0 Å². The van der Waals surface area contributed by atoms with Crippen molar-refractivity contribution in [3.8, 4) is 5.75 Å². The normalized spacial score (nSPS) is 10.0. The van der Waals surface area contributed by atoms with Crippen LogP contribution in [0.1, 0.15) is 15.9 Å². The molecule has 2 N–H and O–H groups in total. The molecule has 1 heterocycles. The highest BCUT2D eigenvalue weighted by Gasteiger charge is 2.10. The number of hydrogen-bond donors (Lipinski definition) is 2. The Bertz CT molecular complexity index is 614. The van der Waals surface area contributed by atoms with Crippen molar-refractivity contribution in [3.63, 3.8) is 0 Å². The molecule has 0 unspecified atom stereocenters. The standard InChI is InChI=1S/C16H19N3O2/c1-17-15-14(7-4-9-18-15)16(20)19-10-8-12-5-3-6-13(11-12)21-2/h3-7,9,11H,8,10H2,1-2H3,(H,17,18)(H,19,20). The quantitative estimate of drug-likeness (QED) is 0.853. The van der Waals surface area contributed by atoms with E-state index in [9.17, 15) is 4.79 Å². The first-order valence-corrected chi connectivity index (χ1v) is 6.78. The molecule has 0 spiro atoms. The van der Waals surface area contributed by atoms with Crippen LogP contribution in [0.4, 0.5) is 5.82 Å². The zero-order valence-corrected chi connectivity index (χ0v) is 12.2. The third-order valence-corrected chi connectivity index (χ3v) is 3.12. The van der Waals surface area contributed by atoms with Gasteiger partial charge in [0.1, 0.15) is 11.6 Å². The van der Waals surface area contributed by atoms with Crippen molar-refractivity contribution >= 4 is 11.7 Å². The minimum Gasteiger partial charge on any atom is -0.497 e. The Labute approximate surface area is 124 Å². The smallest absolute Gasteiger partial charge is 0.255 e. The highest BCUT2D eigenvalue weighted by Crippen LogP contribution is 2.13. The Kier molecular flexibility index (Phi) is 5.15. The predicted molar refractivity (Wildman–Crippen MR) is 82.8 cm³/mol. The second-order valence-corrected chi connectivity index (χ2v) is 4.51. The van der Waals surface area contributed by atoms with Crippen LogP contribution in [0.25, 0.3) is 0 Å². The lowest BCUT2D eigenvalue weighted by Gasteiger charge is -2.09. The summed E-state index contributed by atoms with van der Waals surface area (Å²) in [5.41, 5.74) is 1.67. The van der Waals surface area contributed by atoms with Gasteiger partial charge in [-0.1, -0.05) is 12.1 Å². The summed E-state index contributed by atoms with van der Waals surface area (Å²) in [4.78, 5) is 16.2. The third-order valence-electron chi connectivity index (χ3n) is 3.12. The highest BCUT2D eigenvalue weighted by molar-refractivity contribution is 5.98. The van der Waals surface area contributed by atoms with Gasteiger partial charge in [0.15, 0.2) is 0 Å². The summed E-state index contributed by atoms with van der Waals surface area (Å²) >= 11 is 0. The average Bonchev–Trinajstić information content (AvgIpc) is 2.55. The maximum absolute atomic E-state index is 12.1. The Morgan fingerprint density at radius 1 is 1.29 bits per heavy atom. The summed E-state index contributed by atoms with van der Waals surface area (Å²) < 4.78 is 5.18. The fraction of sp³-hybridized carbons (Fsp3) is 0.250. The molecule has 21 heavy (non-hydrogen) atoms. The number of carbonyl (C=O) groups is 1. The lowest BCUT2D eigenvalue weighted by atomic mass is 10.1. The number of amides is 1. The first-order chi connectivity index (χ1) is 10.2. The van der Waals surface area contributed by atoms with Gasteiger partial charge in [-0.05, 0) is 36.2 Å². The Morgan fingerprint density at radius 2 is 2.14 bits per heavy atom. The Balaban J connectivity index is 1.92. The van der Waals surface area contributed by atoms with E-state index in [-0.39, 0.29) is 5.91 Å². The van der Waals surface area contributed by atoms with E-state index in [0.29, 0.717) is 17.9 Å². The summed E-state index contributed by atoms with van der Waals surface area (Å²) in [7, 11) is 3.39. The van der Waals surface area contributed by atoms with Crippen LogP contribution in [0.2, 0.25) is 0 Å². The van der Waals surface area contributed by atoms with Gasteiger partial charge in [-0.15, -0.1) is 0 Å². The maximum Gasteiger partial charge on any atom is 0.255 e. The summed E-state index contributed by atoms with van der Waals surface area (Å²) in [6, 6.07) is 11.3. The SMILES string of the molecule is CNc1ncccc1C(=O)NCCc1cccc(OC)c1. The number of aromatic nitrogens is 1. The lowest BCUT2D eigenvalue weighted by Crippen LogP contribution is -2.26. The highest BCUT2D eigenvalue weighted by atomic mass is 16.5. The number of anilines is 1. The van der Waals surface area contributed by atoms with Gasteiger partial charge >= 0.3 is 0 Å². The monoisotopic (exact) mass is 285 g/mol. The Morgan fingerprint density at radius 3 is 2.90 bits per heavy atom.